The van der Waals surface area contributed by atoms with Crippen LogP contribution in [0.3, 0.4) is 0 Å². The molecule has 232 valence electrons. The quantitative estimate of drug-likeness (QED) is 0.191. The molecule has 1 N–H and O–H groups in total. The summed E-state index contributed by atoms with van der Waals surface area (Å²) in [6.07, 6.45) is 3.63. The average molecular weight is 634 g/mol. The predicted octanol–water partition coefficient (Wildman–Crippen LogP) is 7.84. The van der Waals surface area contributed by atoms with Gasteiger partial charge in [0.2, 0.25) is 0 Å². The van der Waals surface area contributed by atoms with Crippen molar-refractivity contribution in [3.63, 3.8) is 0 Å². The summed E-state index contributed by atoms with van der Waals surface area (Å²) >= 11 is 0. The van der Waals surface area contributed by atoms with E-state index >= 15 is 0 Å². The summed E-state index contributed by atoms with van der Waals surface area (Å²) in [5, 5.41) is -4.45. The van der Waals surface area contributed by atoms with Crippen LogP contribution in [0.5, 0.6) is 5.75 Å². The summed E-state index contributed by atoms with van der Waals surface area (Å²) in [6, 6.07) is 25.1. The number of benzene rings is 3. The predicted molar refractivity (Wildman–Crippen MR) is 162 cm³/mol. The van der Waals surface area contributed by atoms with Crippen LogP contribution in [0.25, 0.3) is 0 Å². The van der Waals surface area contributed by atoms with Crippen LogP contribution in [0.2, 0.25) is 0 Å². The van der Waals surface area contributed by atoms with Crippen LogP contribution >= 0.6 is 0 Å². The van der Waals surface area contributed by atoms with Crippen molar-refractivity contribution < 1.29 is 36.0 Å². The van der Waals surface area contributed by atoms with E-state index in [4.69, 9.17) is 18.8 Å². The van der Waals surface area contributed by atoms with Crippen LogP contribution in [0.15, 0.2) is 93.5 Å². The van der Waals surface area contributed by atoms with Gasteiger partial charge in [-0.25, -0.2) is 0 Å². The van der Waals surface area contributed by atoms with Crippen molar-refractivity contribution in [1.82, 2.24) is 0 Å². The molecule has 2 atom stereocenters. The monoisotopic (exact) mass is 633 g/mol. The van der Waals surface area contributed by atoms with E-state index in [9.17, 15) is 17.2 Å². The van der Waals surface area contributed by atoms with Gasteiger partial charge >= 0.3 is 15.4 Å². The van der Waals surface area contributed by atoms with Gasteiger partial charge in [0.1, 0.15) is 5.75 Å². The second-order valence-corrected chi connectivity index (χ2v) is 15.7. The lowest BCUT2D eigenvalue weighted by Gasteiger charge is -2.48. The molecule has 1 aliphatic heterocycles. The Morgan fingerprint density at radius 2 is 1.37 bits per heavy atom. The second-order valence-electron chi connectivity index (χ2n) is 12.2. The van der Waals surface area contributed by atoms with Crippen molar-refractivity contribution in [1.29, 1.82) is 0 Å². The van der Waals surface area contributed by atoms with E-state index < -0.39 is 38.2 Å². The maximum Gasteiger partial charge on any atom is 0.405 e. The van der Waals surface area contributed by atoms with E-state index in [1.165, 1.54) is 31.4 Å². The molecule has 1 saturated heterocycles. The molecule has 2 aliphatic rings. The highest BCUT2D eigenvalue weighted by Gasteiger charge is 2.51. The van der Waals surface area contributed by atoms with Gasteiger partial charge in [0.25, 0.3) is 0 Å². The molecule has 0 amide bonds. The van der Waals surface area contributed by atoms with Crippen molar-refractivity contribution in [2.24, 2.45) is 11.3 Å². The van der Waals surface area contributed by atoms with Gasteiger partial charge in [-0.15, -0.1) is 0 Å². The lowest BCUT2D eigenvalue weighted by atomic mass is 9.78. The first-order valence-electron chi connectivity index (χ1n) is 14.6. The van der Waals surface area contributed by atoms with E-state index in [-0.39, 0.29) is 11.2 Å². The molecule has 1 saturated carbocycles. The Morgan fingerprint density at radius 3 is 1.91 bits per heavy atom. The van der Waals surface area contributed by atoms with Crippen molar-refractivity contribution >= 4 is 21.0 Å². The van der Waals surface area contributed by atoms with E-state index in [0.29, 0.717) is 19.1 Å². The summed E-state index contributed by atoms with van der Waals surface area (Å²) in [5.74, 6) is -0.409. The van der Waals surface area contributed by atoms with Crippen LogP contribution in [-0.4, -0.2) is 37.5 Å². The zero-order valence-electron chi connectivity index (χ0n) is 24.7. The normalized spacial score (nSPS) is 20.7. The minimum atomic E-state index is -5.62. The maximum atomic E-state index is 14.0. The van der Waals surface area contributed by atoms with Crippen molar-refractivity contribution in [3.05, 3.63) is 84.4 Å². The fraction of sp³-hybridized carbons (Fsp3) is 0.455. The highest BCUT2D eigenvalue weighted by atomic mass is 32.2. The molecule has 0 radical (unpaired) electrons. The second kappa shape index (κ2) is 12.5. The highest BCUT2D eigenvalue weighted by molar-refractivity contribution is 7.97. The zero-order chi connectivity index (χ0) is 30.9. The van der Waals surface area contributed by atoms with Crippen molar-refractivity contribution in [2.75, 3.05) is 13.2 Å². The van der Waals surface area contributed by atoms with E-state index in [2.05, 4.69) is 50.2 Å². The van der Waals surface area contributed by atoms with Crippen LogP contribution in [0.4, 0.5) is 8.78 Å². The SMILES string of the molecule is CC(Oc1ccc([S+](c2ccccc2)c2ccc(C3(C4CCCCC4)OCC(C)(C)CO3)cc2)cc1)C(F)(F)S(=O)(=O)O. The third-order valence-electron chi connectivity index (χ3n) is 8.16. The maximum absolute atomic E-state index is 14.0. The minimum Gasteiger partial charge on any atom is -0.483 e. The number of halogens is 2. The van der Waals surface area contributed by atoms with Gasteiger partial charge in [0.15, 0.2) is 26.6 Å². The third kappa shape index (κ3) is 6.78. The van der Waals surface area contributed by atoms with Gasteiger partial charge in [-0.1, -0.05) is 51.3 Å². The standard InChI is InChI=1S/C33H38F2O6S2/c1-24(33(34,35)43(36,37)38)41-27-16-20-30(21-17-27)42(28-12-8-5-9-13-28)29-18-14-26(15-19-29)32(25-10-6-4-7-11-25)39-22-31(2,3)23-40-32/h5,8-9,12-21,24-25H,4,6-7,10-11,22-23H2,1-3H3/p+1. The number of alkyl halides is 2. The molecule has 0 aromatic heterocycles. The van der Waals surface area contributed by atoms with Gasteiger partial charge in [-0.05, 0) is 80.4 Å². The van der Waals surface area contributed by atoms with Crippen LogP contribution in [0.1, 0.15) is 58.4 Å². The van der Waals surface area contributed by atoms with Crippen molar-refractivity contribution in [3.8, 4) is 5.75 Å². The molecule has 2 unspecified atom stereocenters. The topological polar surface area (TPSA) is 82.1 Å². The fourth-order valence-corrected chi connectivity index (χ4v) is 8.26. The Labute approximate surface area is 255 Å². The van der Waals surface area contributed by atoms with Gasteiger partial charge in [0, 0.05) is 16.9 Å². The van der Waals surface area contributed by atoms with Crippen LogP contribution < -0.4 is 4.74 Å². The summed E-state index contributed by atoms with van der Waals surface area (Å²) in [5.41, 5.74) is 0.973. The Kier molecular flexibility index (Phi) is 9.26. The first-order valence-corrected chi connectivity index (χ1v) is 17.3. The number of hydrogen-bond donors (Lipinski definition) is 1. The molecule has 1 heterocycles. The lowest BCUT2D eigenvalue weighted by Crippen LogP contribution is -2.50. The molecule has 6 nitrogen and oxygen atoms in total. The first-order chi connectivity index (χ1) is 20.3. The first kappa shape index (κ1) is 31.9. The number of ether oxygens (including phenoxy) is 3. The molecule has 1 aliphatic carbocycles. The highest BCUT2D eigenvalue weighted by Crippen LogP contribution is 2.47. The fourth-order valence-electron chi connectivity index (χ4n) is 5.73. The summed E-state index contributed by atoms with van der Waals surface area (Å²) in [4.78, 5) is 3.06. The van der Waals surface area contributed by atoms with E-state index in [1.807, 2.05) is 18.2 Å². The minimum absolute atomic E-state index is 0.0478. The van der Waals surface area contributed by atoms with Gasteiger partial charge < -0.3 is 14.2 Å². The summed E-state index contributed by atoms with van der Waals surface area (Å²) < 4.78 is 77.7. The molecule has 5 rings (SSSR count). The summed E-state index contributed by atoms with van der Waals surface area (Å²) in [7, 11) is -6.15. The van der Waals surface area contributed by atoms with Gasteiger partial charge in [0.05, 0.1) is 24.1 Å². The Balaban J connectivity index is 1.45. The van der Waals surface area contributed by atoms with Crippen LogP contribution in [-0.2, 0) is 36.3 Å². The molecule has 3 aromatic carbocycles. The molecule has 0 spiro atoms. The van der Waals surface area contributed by atoms with Gasteiger partial charge in [-0.3, -0.25) is 4.55 Å². The molecule has 3 aromatic rings. The molecular formula is C33H39F2O6S2+. The summed E-state index contributed by atoms with van der Waals surface area (Å²) in [6.45, 7) is 6.47. The third-order valence-corrected chi connectivity index (χ3v) is 11.4. The molecule has 2 fully saturated rings. The Hall–Kier alpha value is -2.50. The smallest absolute Gasteiger partial charge is 0.405 e. The number of rotatable bonds is 9. The van der Waals surface area contributed by atoms with E-state index in [0.717, 1.165) is 40.0 Å². The van der Waals surface area contributed by atoms with Crippen LogP contribution in [0, 0.1) is 11.3 Å². The zero-order valence-corrected chi connectivity index (χ0v) is 26.3. The van der Waals surface area contributed by atoms with Gasteiger partial charge in [-0.2, -0.15) is 17.2 Å². The molecule has 10 heteroatoms. The largest absolute Gasteiger partial charge is 0.483 e. The van der Waals surface area contributed by atoms with Crippen molar-refractivity contribution in [2.45, 2.75) is 84.7 Å². The lowest BCUT2D eigenvalue weighted by molar-refractivity contribution is -0.335. The van der Waals surface area contributed by atoms with E-state index in [1.54, 1.807) is 12.1 Å². The molecule has 43 heavy (non-hydrogen) atoms. The molecule has 0 bridgehead atoms. The average Bonchev–Trinajstić information content (AvgIpc) is 2.99. The number of hydrogen-bond acceptors (Lipinski definition) is 5. The Bertz CT molecular complexity index is 1460. The Morgan fingerprint density at radius 1 is 0.860 bits per heavy atom. The molecular weight excluding hydrogens is 594 g/mol.